The summed E-state index contributed by atoms with van der Waals surface area (Å²) in [6.07, 6.45) is 8.31. The summed E-state index contributed by atoms with van der Waals surface area (Å²) in [7, 11) is 0. The summed E-state index contributed by atoms with van der Waals surface area (Å²) in [5.74, 6) is -1.70. The van der Waals surface area contributed by atoms with Crippen LogP contribution in [0.4, 0.5) is 4.39 Å². The molecule has 2 fully saturated rings. The number of Topliss-reactive ketones (excluding diaryl/α,β-unsaturated/α-hetero) is 2. The van der Waals surface area contributed by atoms with Crippen molar-refractivity contribution in [2.45, 2.75) is 110 Å². The molecular formula is C34H47FN4O5. The zero-order valence-electron chi connectivity index (χ0n) is 26.3. The number of aryl methyl sites for hydroxylation is 1. The summed E-state index contributed by atoms with van der Waals surface area (Å²) in [4.78, 5) is 52.6. The predicted molar refractivity (Wildman–Crippen MR) is 165 cm³/mol. The van der Waals surface area contributed by atoms with Crippen molar-refractivity contribution in [2.24, 2.45) is 11.8 Å². The standard InChI is InChI=1S/C34H47FN4O5/c1-4-31(42)37-32(29(40)19-23-14-17-44-18-15-23)22(3)25-11-12-26(27(35)20-25)21-30(41)33(24-9-7-6-8-10-24)38-34(43)28-13-16-36-39(28)5-2/h11-13,16,20,22-24,32-33H,4-10,14-15,17-19,21H2,1-3H3,(H,37,42)(H,38,43)/t22-,32-,33-/m0/s1. The number of rotatable bonds is 14. The van der Waals surface area contributed by atoms with Crippen molar-refractivity contribution in [3.8, 4) is 0 Å². The smallest absolute Gasteiger partial charge is 0.270 e. The van der Waals surface area contributed by atoms with Gasteiger partial charge in [0.05, 0.1) is 12.1 Å². The second-order valence-electron chi connectivity index (χ2n) is 12.3. The molecule has 2 amide bonds. The monoisotopic (exact) mass is 610 g/mol. The molecule has 2 heterocycles. The molecule has 1 aliphatic carbocycles. The summed E-state index contributed by atoms with van der Waals surface area (Å²) >= 11 is 0. The van der Waals surface area contributed by atoms with E-state index < -0.39 is 23.8 Å². The number of carbonyl (C=O) groups is 4. The molecule has 0 spiro atoms. The number of hydrogen-bond donors (Lipinski definition) is 2. The molecule has 2 N–H and O–H groups in total. The molecule has 44 heavy (non-hydrogen) atoms. The molecule has 240 valence electrons. The van der Waals surface area contributed by atoms with E-state index in [4.69, 9.17) is 4.74 Å². The van der Waals surface area contributed by atoms with Gasteiger partial charge < -0.3 is 15.4 Å². The average molecular weight is 611 g/mol. The van der Waals surface area contributed by atoms with Crippen LogP contribution in [0, 0.1) is 17.7 Å². The van der Waals surface area contributed by atoms with Gasteiger partial charge in [0.2, 0.25) is 5.91 Å². The van der Waals surface area contributed by atoms with Crippen molar-refractivity contribution < 1.29 is 28.3 Å². The van der Waals surface area contributed by atoms with Gasteiger partial charge in [-0.25, -0.2) is 4.39 Å². The summed E-state index contributed by atoms with van der Waals surface area (Å²) in [5.41, 5.74) is 1.20. The molecule has 2 aromatic rings. The highest BCUT2D eigenvalue weighted by molar-refractivity contribution is 5.97. The minimum absolute atomic E-state index is 0.00905. The number of ketones is 2. The Kier molecular flexibility index (Phi) is 12.2. The number of aromatic nitrogens is 2. The third-order valence-electron chi connectivity index (χ3n) is 9.29. The Morgan fingerprint density at radius 3 is 2.39 bits per heavy atom. The van der Waals surface area contributed by atoms with Crippen LogP contribution >= 0.6 is 0 Å². The van der Waals surface area contributed by atoms with E-state index >= 15 is 4.39 Å². The summed E-state index contributed by atoms with van der Waals surface area (Å²) < 4.78 is 22.6. The minimum atomic E-state index is -0.778. The van der Waals surface area contributed by atoms with Crippen LogP contribution in [0.2, 0.25) is 0 Å². The van der Waals surface area contributed by atoms with Gasteiger partial charge in [-0.05, 0) is 67.7 Å². The second kappa shape index (κ2) is 16.1. The van der Waals surface area contributed by atoms with Crippen LogP contribution in [0.1, 0.15) is 106 Å². The molecule has 9 nitrogen and oxygen atoms in total. The number of hydrogen-bond acceptors (Lipinski definition) is 6. The Balaban J connectivity index is 1.49. The van der Waals surface area contributed by atoms with Crippen LogP contribution in [0.15, 0.2) is 30.5 Å². The van der Waals surface area contributed by atoms with E-state index in [9.17, 15) is 19.2 Å². The van der Waals surface area contributed by atoms with Crippen LogP contribution in [0.25, 0.3) is 0 Å². The Hall–Kier alpha value is -3.40. The topological polar surface area (TPSA) is 119 Å². The van der Waals surface area contributed by atoms with Crippen molar-refractivity contribution in [3.05, 3.63) is 53.1 Å². The van der Waals surface area contributed by atoms with Crippen LogP contribution in [0.5, 0.6) is 0 Å². The lowest BCUT2D eigenvalue weighted by atomic mass is 9.81. The van der Waals surface area contributed by atoms with Crippen LogP contribution in [-0.2, 0) is 32.1 Å². The quantitative estimate of drug-likeness (QED) is 0.314. The maximum Gasteiger partial charge on any atom is 0.270 e. The van der Waals surface area contributed by atoms with E-state index in [0.717, 1.165) is 44.9 Å². The van der Waals surface area contributed by atoms with E-state index in [0.29, 0.717) is 37.4 Å². The average Bonchev–Trinajstić information content (AvgIpc) is 3.53. The van der Waals surface area contributed by atoms with Crippen molar-refractivity contribution in [2.75, 3.05) is 13.2 Å². The van der Waals surface area contributed by atoms with Gasteiger partial charge in [-0.15, -0.1) is 0 Å². The molecule has 1 saturated heterocycles. The summed E-state index contributed by atoms with van der Waals surface area (Å²) in [6.45, 7) is 7.21. The predicted octanol–water partition coefficient (Wildman–Crippen LogP) is 4.92. The Bertz CT molecular complexity index is 1300. The fourth-order valence-corrected chi connectivity index (χ4v) is 6.52. The molecule has 0 bridgehead atoms. The largest absolute Gasteiger partial charge is 0.381 e. The molecule has 0 unspecified atom stereocenters. The highest BCUT2D eigenvalue weighted by Gasteiger charge is 2.33. The van der Waals surface area contributed by atoms with Crippen LogP contribution < -0.4 is 10.6 Å². The molecule has 10 heteroatoms. The number of ether oxygens (including phenoxy) is 1. The van der Waals surface area contributed by atoms with Gasteiger partial charge in [0.1, 0.15) is 11.5 Å². The number of nitrogens with one attached hydrogen (secondary N) is 2. The zero-order valence-corrected chi connectivity index (χ0v) is 26.3. The van der Waals surface area contributed by atoms with E-state index in [1.54, 1.807) is 36.0 Å². The summed E-state index contributed by atoms with van der Waals surface area (Å²) in [6, 6.07) is 4.82. The van der Waals surface area contributed by atoms with Crippen molar-refractivity contribution in [1.29, 1.82) is 0 Å². The lowest BCUT2D eigenvalue weighted by Crippen LogP contribution is -2.47. The van der Waals surface area contributed by atoms with Crippen LogP contribution in [-0.4, -0.2) is 58.5 Å². The van der Waals surface area contributed by atoms with Gasteiger partial charge in [-0.2, -0.15) is 5.10 Å². The normalized spacial score (nSPS) is 18.3. The van der Waals surface area contributed by atoms with Gasteiger partial charge in [-0.1, -0.05) is 45.2 Å². The van der Waals surface area contributed by atoms with Gasteiger partial charge in [-0.3, -0.25) is 23.9 Å². The van der Waals surface area contributed by atoms with Gasteiger partial charge in [0, 0.05) is 51.1 Å². The third-order valence-corrected chi connectivity index (χ3v) is 9.29. The van der Waals surface area contributed by atoms with E-state index in [1.165, 1.54) is 6.07 Å². The fraction of sp³-hybridized carbons (Fsp3) is 0.618. The van der Waals surface area contributed by atoms with Gasteiger partial charge in [0.25, 0.3) is 5.91 Å². The van der Waals surface area contributed by atoms with Crippen molar-refractivity contribution in [3.63, 3.8) is 0 Å². The summed E-state index contributed by atoms with van der Waals surface area (Å²) in [5, 5.41) is 9.99. The molecule has 1 saturated carbocycles. The fourth-order valence-electron chi connectivity index (χ4n) is 6.52. The third kappa shape index (κ3) is 8.61. The first kappa shape index (κ1) is 33.5. The Labute approximate surface area is 259 Å². The molecule has 2 aliphatic rings. The highest BCUT2D eigenvalue weighted by Crippen LogP contribution is 2.29. The molecule has 1 aromatic heterocycles. The number of nitrogens with zero attached hydrogens (tertiary/aromatic N) is 2. The molecule has 3 atom stereocenters. The molecule has 1 aromatic carbocycles. The molecular weight excluding hydrogens is 563 g/mol. The van der Waals surface area contributed by atoms with E-state index in [-0.39, 0.29) is 53.6 Å². The number of benzene rings is 1. The molecule has 0 radical (unpaired) electrons. The van der Waals surface area contributed by atoms with Gasteiger partial charge in [0.15, 0.2) is 11.6 Å². The Morgan fingerprint density at radius 1 is 1.00 bits per heavy atom. The lowest BCUT2D eigenvalue weighted by Gasteiger charge is -2.30. The van der Waals surface area contributed by atoms with Crippen molar-refractivity contribution in [1.82, 2.24) is 20.4 Å². The van der Waals surface area contributed by atoms with Crippen LogP contribution in [0.3, 0.4) is 0 Å². The number of amides is 2. The number of carbonyl (C=O) groups excluding carboxylic acids is 4. The first-order chi connectivity index (χ1) is 21.2. The van der Waals surface area contributed by atoms with E-state index in [2.05, 4.69) is 15.7 Å². The molecule has 1 aliphatic heterocycles. The minimum Gasteiger partial charge on any atom is -0.381 e. The highest BCUT2D eigenvalue weighted by atomic mass is 19.1. The van der Waals surface area contributed by atoms with Gasteiger partial charge >= 0.3 is 0 Å². The number of halogens is 1. The molecule has 4 rings (SSSR count). The SMILES string of the molecule is CCC(=O)N[C@H](C(=O)CC1CCOCC1)[C@@H](C)c1ccc(CC(=O)[C@@H](NC(=O)c2ccnn2CC)C2CCCCC2)c(F)c1. The first-order valence-corrected chi connectivity index (χ1v) is 16.2. The lowest BCUT2D eigenvalue weighted by molar-refractivity contribution is -0.129. The zero-order chi connectivity index (χ0) is 31.6. The maximum absolute atomic E-state index is 15.6. The van der Waals surface area contributed by atoms with E-state index in [1.807, 2.05) is 13.8 Å². The van der Waals surface area contributed by atoms with Crippen molar-refractivity contribution >= 4 is 23.4 Å². The first-order valence-electron chi connectivity index (χ1n) is 16.2. The maximum atomic E-state index is 15.6. The Morgan fingerprint density at radius 2 is 1.73 bits per heavy atom. The second-order valence-corrected chi connectivity index (χ2v) is 12.3.